The highest BCUT2D eigenvalue weighted by molar-refractivity contribution is 5.92. The van der Waals surface area contributed by atoms with Crippen molar-refractivity contribution in [2.75, 3.05) is 36.8 Å². The number of pyridine rings is 2. The summed E-state index contributed by atoms with van der Waals surface area (Å²) in [6.07, 6.45) is 5.96. The third-order valence-electron chi connectivity index (χ3n) is 16.8. The fourth-order valence-corrected chi connectivity index (χ4v) is 11.1. The molecule has 10 aromatic rings. The van der Waals surface area contributed by atoms with Crippen LogP contribution in [0.5, 0.6) is 0 Å². The van der Waals surface area contributed by atoms with Gasteiger partial charge in [0.25, 0.3) is 22.2 Å². The van der Waals surface area contributed by atoms with E-state index in [2.05, 4.69) is 53.0 Å². The molecular weight excluding hydrogens is 1150 g/mol. The second-order valence-corrected chi connectivity index (χ2v) is 23.7. The summed E-state index contributed by atoms with van der Waals surface area (Å²) < 4.78 is 39.2. The number of nitrogens with one attached hydrogen (secondary N) is 2. The zero-order valence-electron chi connectivity index (χ0n) is 50.8. The molecule has 8 heterocycles. The van der Waals surface area contributed by atoms with Crippen molar-refractivity contribution in [3.8, 4) is 46.0 Å². The molecule has 24 heteroatoms. The van der Waals surface area contributed by atoms with Gasteiger partial charge in [0.15, 0.2) is 17.9 Å². The Kier molecular flexibility index (Phi) is 16.4. The van der Waals surface area contributed by atoms with Crippen LogP contribution in [0.25, 0.3) is 55.4 Å². The predicted molar refractivity (Wildman–Crippen MR) is 337 cm³/mol. The summed E-state index contributed by atoms with van der Waals surface area (Å²) in [4.78, 5) is 70.6. The number of aromatic nitrogens is 10. The van der Waals surface area contributed by atoms with Gasteiger partial charge in [-0.05, 0) is 149 Å². The first-order chi connectivity index (χ1) is 43.0. The van der Waals surface area contributed by atoms with Crippen LogP contribution in [0.4, 0.5) is 31.8 Å². The number of nitrogens with zero attached hydrogens (tertiary/aromatic N) is 14. The smallest absolute Gasteiger partial charge is 0.290 e. The highest BCUT2D eigenvalue weighted by atomic mass is 19.1. The summed E-state index contributed by atoms with van der Waals surface area (Å²) in [5, 5.41) is 54.1. The van der Waals surface area contributed by atoms with Gasteiger partial charge < -0.3 is 15.7 Å². The Morgan fingerprint density at radius 2 is 1.00 bits per heavy atom. The van der Waals surface area contributed by atoms with E-state index in [1.165, 1.54) is 70.0 Å². The van der Waals surface area contributed by atoms with Crippen molar-refractivity contribution in [3.05, 3.63) is 196 Å². The molecule has 0 spiro atoms. The van der Waals surface area contributed by atoms with E-state index in [4.69, 9.17) is 0 Å². The molecule has 0 aliphatic carbocycles. The maximum Gasteiger partial charge on any atom is 0.290 e. The first-order valence-corrected chi connectivity index (χ1v) is 29.1. The third kappa shape index (κ3) is 11.6. The highest BCUT2D eigenvalue weighted by Gasteiger charge is 2.27. The second-order valence-electron chi connectivity index (χ2n) is 23.7. The topological polar surface area (TPSA) is 265 Å². The van der Waals surface area contributed by atoms with Crippen LogP contribution in [0, 0.1) is 34.3 Å². The van der Waals surface area contributed by atoms with Crippen LogP contribution in [-0.4, -0.2) is 95.6 Å². The fourth-order valence-electron chi connectivity index (χ4n) is 11.1. The number of fused-ring (bicyclic) bond motifs is 2. The first-order valence-electron chi connectivity index (χ1n) is 29.1. The number of carbonyl (C=O) groups is 1. The lowest BCUT2D eigenvalue weighted by atomic mass is 9.85. The molecule has 0 radical (unpaired) electrons. The van der Waals surface area contributed by atoms with Gasteiger partial charge in [-0.2, -0.15) is 30.9 Å². The zero-order chi connectivity index (χ0) is 64.1. The van der Waals surface area contributed by atoms with E-state index in [0.29, 0.717) is 73.6 Å². The van der Waals surface area contributed by atoms with Crippen molar-refractivity contribution < 1.29 is 18.7 Å². The maximum atomic E-state index is 15.4. The Morgan fingerprint density at radius 3 is 1.42 bits per heavy atom. The van der Waals surface area contributed by atoms with E-state index in [0.717, 1.165) is 50.7 Å². The van der Waals surface area contributed by atoms with Gasteiger partial charge in [0, 0.05) is 88.1 Å². The minimum absolute atomic E-state index is 0.125. The molecule has 12 rings (SSSR count). The molecule has 6 aromatic heterocycles. The quantitative estimate of drug-likeness (QED) is 0.0772. The van der Waals surface area contributed by atoms with E-state index in [1.807, 2.05) is 26.2 Å². The largest absolute Gasteiger partial charge is 0.392 e. The summed E-state index contributed by atoms with van der Waals surface area (Å²) in [6.45, 7) is 12.0. The van der Waals surface area contributed by atoms with Gasteiger partial charge in [-0.3, -0.25) is 52.3 Å². The summed E-state index contributed by atoms with van der Waals surface area (Å²) in [7, 11) is 6.76. The SMILES string of the molecule is Cn1nc(Nc2cc(-c3cccc(-n4ccc5cc(C(C)(C)C#N)cc(F)c5c4=O)c3C=O)nn(C)c2=O)cc1CN1CCC1.Cn1nc(Nc2cc(-c3cccc(-n4ccc5cc(C(C)(C)C#N)cc(F)c5c4=O)c3CO)nn(C)c2=O)cc1CN1CCC1. The van der Waals surface area contributed by atoms with Crippen LogP contribution < -0.4 is 32.9 Å². The van der Waals surface area contributed by atoms with Gasteiger partial charge in [-0.15, -0.1) is 0 Å². The molecule has 0 unspecified atom stereocenters. The number of halogens is 2. The molecule has 2 aliphatic heterocycles. The van der Waals surface area contributed by atoms with Crippen LogP contribution in [0.1, 0.15) is 79.0 Å². The van der Waals surface area contributed by atoms with Gasteiger partial charge in [0.2, 0.25) is 0 Å². The van der Waals surface area contributed by atoms with E-state index < -0.39 is 45.7 Å². The Bertz CT molecular complexity index is 4880. The number of nitriles is 2. The molecule has 3 N–H and O–H groups in total. The minimum Gasteiger partial charge on any atom is -0.392 e. The van der Waals surface area contributed by atoms with E-state index in [-0.39, 0.29) is 39.0 Å². The molecule has 0 amide bonds. The minimum atomic E-state index is -0.952. The molecule has 0 atom stereocenters. The molecule has 4 aromatic carbocycles. The van der Waals surface area contributed by atoms with E-state index in [1.54, 1.807) is 110 Å². The standard InChI is InChI=1S/C33H33FN8O3.C33H31FN8O3/c2*1-33(2,19-35)21-13-20-9-12-42(32(45)30(20)25(34)14-21)28-8-5-7-23(24(28)18-43)26-16-27(31(44)40(4)37-26)36-29-15-22(39(3)38-29)17-41-10-6-11-41/h5,7-9,12-16,43H,6,10-11,17-18H2,1-4H3,(H,36,38);5,7-9,12-16,18H,6,10-11,17H2,1-4H3,(H,36,38). The van der Waals surface area contributed by atoms with Gasteiger partial charge in [0.05, 0.1) is 74.5 Å². The molecule has 0 bridgehead atoms. The van der Waals surface area contributed by atoms with Gasteiger partial charge in [-0.25, -0.2) is 18.1 Å². The number of hydrogen-bond acceptors (Lipinski definition) is 16. The summed E-state index contributed by atoms with van der Waals surface area (Å²) in [5.74, 6) is -0.473. The predicted octanol–water partition coefficient (Wildman–Crippen LogP) is 8.05. The fraction of sp³-hybridized carbons (Fsp3) is 0.288. The number of aliphatic hydroxyl groups excluding tert-OH is 1. The number of carbonyl (C=O) groups excluding carboxylic acids is 1. The summed E-state index contributed by atoms with van der Waals surface area (Å²) >= 11 is 0. The summed E-state index contributed by atoms with van der Waals surface area (Å²) in [6, 6.07) is 30.1. The van der Waals surface area contributed by atoms with Crippen LogP contribution in [-0.2, 0) is 58.7 Å². The number of aliphatic hydroxyl groups is 1. The van der Waals surface area contributed by atoms with E-state index >= 15 is 8.78 Å². The number of rotatable bonds is 16. The van der Waals surface area contributed by atoms with Crippen LogP contribution in [0.3, 0.4) is 0 Å². The Balaban J connectivity index is 0.000000185. The molecule has 2 aliphatic rings. The highest BCUT2D eigenvalue weighted by Crippen LogP contribution is 2.33. The first kappa shape index (κ1) is 61.1. The zero-order valence-corrected chi connectivity index (χ0v) is 50.8. The maximum absolute atomic E-state index is 15.4. The number of hydrogen-bond donors (Lipinski definition) is 3. The summed E-state index contributed by atoms with van der Waals surface area (Å²) in [5.41, 5.74) is 2.08. The number of anilines is 4. The van der Waals surface area contributed by atoms with Crippen molar-refractivity contribution >= 4 is 50.8 Å². The number of likely N-dealkylation sites (tertiary alicyclic amines) is 2. The molecule has 22 nitrogen and oxygen atoms in total. The van der Waals surface area contributed by atoms with Crippen molar-refractivity contribution in [1.82, 2.24) is 58.1 Å². The normalized spacial score (nSPS) is 13.5. The van der Waals surface area contributed by atoms with Crippen LogP contribution in [0.15, 0.2) is 129 Å². The van der Waals surface area contributed by atoms with Crippen molar-refractivity contribution in [2.24, 2.45) is 28.2 Å². The molecule has 458 valence electrons. The molecule has 90 heavy (non-hydrogen) atoms. The number of aryl methyl sites for hydroxylation is 4. The average molecular weight is 1220 g/mol. The lowest BCUT2D eigenvalue weighted by Crippen LogP contribution is -2.36. The van der Waals surface area contributed by atoms with Gasteiger partial charge in [-0.1, -0.05) is 24.3 Å². The lowest BCUT2D eigenvalue weighted by Gasteiger charge is -2.30. The second kappa shape index (κ2) is 24.2. The van der Waals surface area contributed by atoms with Crippen molar-refractivity contribution in [3.63, 3.8) is 0 Å². The molecule has 2 fully saturated rings. The monoisotopic (exact) mass is 1210 g/mol. The molecule has 0 saturated carbocycles. The van der Waals surface area contributed by atoms with Crippen molar-refractivity contribution in [2.45, 2.75) is 71.1 Å². The Labute approximate surface area is 514 Å². The number of aldehydes is 1. The van der Waals surface area contributed by atoms with Crippen LogP contribution >= 0.6 is 0 Å². The number of benzene rings is 4. The molecule has 2 saturated heterocycles. The Morgan fingerprint density at radius 1 is 0.567 bits per heavy atom. The Hall–Kier alpha value is -10.5. The molecular formula is C66H64F2N16O6. The van der Waals surface area contributed by atoms with Crippen molar-refractivity contribution in [1.29, 1.82) is 10.5 Å². The third-order valence-corrected chi connectivity index (χ3v) is 16.8. The van der Waals surface area contributed by atoms with Gasteiger partial charge >= 0.3 is 0 Å². The van der Waals surface area contributed by atoms with Crippen LogP contribution in [0.2, 0.25) is 0 Å². The van der Waals surface area contributed by atoms with Gasteiger partial charge in [0.1, 0.15) is 23.0 Å². The van der Waals surface area contributed by atoms with E-state index in [9.17, 15) is 39.6 Å². The lowest BCUT2D eigenvalue weighted by molar-refractivity contribution is 0.112. The average Bonchev–Trinajstić information content (AvgIpc) is 1.02.